The molecular weight excluding hydrogens is 326 g/mol. The van der Waals surface area contributed by atoms with Crippen molar-refractivity contribution in [1.29, 1.82) is 0 Å². The predicted molar refractivity (Wildman–Crippen MR) is 97.1 cm³/mol. The fourth-order valence-electron chi connectivity index (χ4n) is 4.61. The number of hydrogen-bond donors (Lipinski definition) is 1. The molecule has 2 atom stereocenters. The van der Waals surface area contributed by atoms with E-state index in [1.807, 2.05) is 16.8 Å². The lowest BCUT2D eigenvalue weighted by Gasteiger charge is -2.34. The molecule has 0 spiro atoms. The number of halogens is 1. The Labute approximate surface area is 151 Å². The van der Waals surface area contributed by atoms with E-state index >= 15 is 0 Å². The van der Waals surface area contributed by atoms with E-state index in [1.165, 1.54) is 12.8 Å². The molecule has 0 bridgehead atoms. The summed E-state index contributed by atoms with van der Waals surface area (Å²) in [5.41, 5.74) is 0. The van der Waals surface area contributed by atoms with Crippen molar-refractivity contribution in [1.82, 2.24) is 15.1 Å². The number of likely N-dealkylation sites (N-methyl/N-ethyl adjacent to an activating group) is 1. The highest BCUT2D eigenvalue weighted by Crippen LogP contribution is 2.32. The average molecular weight is 358 g/mol. The number of amides is 2. The Morgan fingerprint density at radius 2 is 1.92 bits per heavy atom. The Kier molecular flexibility index (Phi) is 6.93. The summed E-state index contributed by atoms with van der Waals surface area (Å²) in [6.07, 6.45) is 7.24. The van der Waals surface area contributed by atoms with Gasteiger partial charge in [0.05, 0.1) is 5.92 Å². The van der Waals surface area contributed by atoms with Gasteiger partial charge in [-0.2, -0.15) is 0 Å². The summed E-state index contributed by atoms with van der Waals surface area (Å²) >= 11 is 0. The summed E-state index contributed by atoms with van der Waals surface area (Å²) in [6.45, 7) is 4.66. The molecule has 1 N–H and O–H groups in total. The molecule has 3 rings (SSSR count). The van der Waals surface area contributed by atoms with E-state index in [9.17, 15) is 9.59 Å². The third-order valence-electron chi connectivity index (χ3n) is 6.03. The number of hydrogen-bond acceptors (Lipinski definition) is 3. The van der Waals surface area contributed by atoms with Gasteiger partial charge in [0, 0.05) is 38.1 Å². The lowest BCUT2D eigenvalue weighted by Crippen LogP contribution is -2.45. The number of nitrogens with zero attached hydrogens (tertiary/aromatic N) is 2. The van der Waals surface area contributed by atoms with Crippen LogP contribution in [0.3, 0.4) is 0 Å². The van der Waals surface area contributed by atoms with Gasteiger partial charge in [-0.15, -0.1) is 12.4 Å². The first kappa shape index (κ1) is 19.5. The first-order valence-electron chi connectivity index (χ1n) is 9.34. The maximum Gasteiger partial charge on any atom is 0.228 e. The van der Waals surface area contributed by atoms with Gasteiger partial charge in [0.2, 0.25) is 11.8 Å². The van der Waals surface area contributed by atoms with Crippen molar-refractivity contribution >= 4 is 24.2 Å². The highest BCUT2D eigenvalue weighted by atomic mass is 35.5. The minimum atomic E-state index is -0.112. The van der Waals surface area contributed by atoms with Gasteiger partial charge in [-0.3, -0.25) is 9.59 Å². The minimum Gasteiger partial charge on any atom is -0.339 e. The molecule has 0 aromatic carbocycles. The third-order valence-corrected chi connectivity index (χ3v) is 6.03. The van der Waals surface area contributed by atoms with E-state index in [2.05, 4.69) is 12.2 Å². The Balaban J connectivity index is 0.00000208. The van der Waals surface area contributed by atoms with Crippen LogP contribution in [0.15, 0.2) is 0 Å². The molecule has 1 saturated carbocycles. The molecule has 5 nitrogen and oxygen atoms in total. The first-order valence-corrected chi connectivity index (χ1v) is 9.34. The fourth-order valence-corrected chi connectivity index (χ4v) is 4.61. The van der Waals surface area contributed by atoms with Gasteiger partial charge in [-0.05, 0) is 51.5 Å². The quantitative estimate of drug-likeness (QED) is 0.837. The van der Waals surface area contributed by atoms with Crippen LogP contribution in [0.2, 0.25) is 0 Å². The molecule has 0 radical (unpaired) electrons. The normalized spacial score (nSPS) is 33.7. The third kappa shape index (κ3) is 4.05. The summed E-state index contributed by atoms with van der Waals surface area (Å²) in [5, 5.41) is 3.19. The van der Waals surface area contributed by atoms with Crippen LogP contribution in [-0.2, 0) is 9.59 Å². The highest BCUT2D eigenvalue weighted by molar-refractivity contribution is 5.89. The zero-order chi connectivity index (χ0) is 16.4. The smallest absolute Gasteiger partial charge is 0.228 e. The molecule has 3 fully saturated rings. The van der Waals surface area contributed by atoms with Crippen LogP contribution >= 0.6 is 12.4 Å². The summed E-state index contributed by atoms with van der Waals surface area (Å²) in [6, 6.07) is 0.690. The van der Waals surface area contributed by atoms with Crippen LogP contribution in [0.1, 0.15) is 51.9 Å². The van der Waals surface area contributed by atoms with Crippen molar-refractivity contribution in [2.45, 2.75) is 64.0 Å². The van der Waals surface area contributed by atoms with Crippen molar-refractivity contribution < 1.29 is 9.59 Å². The van der Waals surface area contributed by atoms with E-state index in [4.69, 9.17) is 0 Å². The van der Waals surface area contributed by atoms with Gasteiger partial charge in [-0.25, -0.2) is 0 Å². The molecule has 6 heteroatoms. The van der Waals surface area contributed by atoms with Crippen molar-refractivity contribution in [2.75, 3.05) is 26.7 Å². The molecular formula is C18H32ClN3O2. The Hall–Kier alpha value is -0.810. The van der Waals surface area contributed by atoms with Gasteiger partial charge in [0.1, 0.15) is 0 Å². The maximum absolute atomic E-state index is 12.9. The molecule has 2 saturated heterocycles. The van der Waals surface area contributed by atoms with Crippen molar-refractivity contribution in [3.63, 3.8) is 0 Å². The fraction of sp³-hybridized carbons (Fsp3) is 0.889. The SMILES string of the molecule is CNCC1CCCN1C(=O)C1CC(=O)N(C2CCC(C)CC2)C1.Cl. The molecule has 2 unspecified atom stereocenters. The van der Waals surface area contributed by atoms with E-state index in [0.717, 1.165) is 44.7 Å². The number of carbonyl (C=O) groups excluding carboxylic acids is 2. The van der Waals surface area contributed by atoms with E-state index in [0.29, 0.717) is 25.0 Å². The van der Waals surface area contributed by atoms with E-state index in [1.54, 1.807) is 0 Å². The van der Waals surface area contributed by atoms with Crippen LogP contribution in [0.5, 0.6) is 0 Å². The van der Waals surface area contributed by atoms with Gasteiger partial charge >= 0.3 is 0 Å². The summed E-state index contributed by atoms with van der Waals surface area (Å²) in [5.74, 6) is 1.09. The highest BCUT2D eigenvalue weighted by Gasteiger charge is 2.42. The summed E-state index contributed by atoms with van der Waals surface area (Å²) in [7, 11) is 1.94. The lowest BCUT2D eigenvalue weighted by atomic mass is 9.86. The second kappa shape index (κ2) is 8.52. The maximum atomic E-state index is 12.9. The van der Waals surface area contributed by atoms with E-state index < -0.39 is 0 Å². The molecule has 138 valence electrons. The molecule has 0 aromatic heterocycles. The van der Waals surface area contributed by atoms with Crippen LogP contribution < -0.4 is 5.32 Å². The van der Waals surface area contributed by atoms with Crippen molar-refractivity contribution in [3.8, 4) is 0 Å². The standard InChI is InChI=1S/C18H31N3O2.ClH/c1-13-5-7-15(8-6-13)21-12-14(10-17(21)22)18(23)20-9-3-4-16(20)11-19-2;/h13-16,19H,3-12H2,1-2H3;1H. The van der Waals surface area contributed by atoms with Gasteiger partial charge < -0.3 is 15.1 Å². The van der Waals surface area contributed by atoms with Crippen LogP contribution in [0.25, 0.3) is 0 Å². The first-order chi connectivity index (χ1) is 11.1. The predicted octanol–water partition coefficient (Wildman–Crippen LogP) is 2.05. The second-order valence-electron chi connectivity index (χ2n) is 7.75. The molecule has 2 amide bonds. The van der Waals surface area contributed by atoms with Gasteiger partial charge in [0.15, 0.2) is 0 Å². The zero-order valence-electron chi connectivity index (χ0n) is 15.0. The molecule has 1 aliphatic carbocycles. The van der Waals surface area contributed by atoms with E-state index in [-0.39, 0.29) is 30.1 Å². The Bertz CT molecular complexity index is 452. The second-order valence-corrected chi connectivity index (χ2v) is 7.75. The molecule has 3 aliphatic rings. The Morgan fingerprint density at radius 3 is 2.58 bits per heavy atom. The lowest BCUT2D eigenvalue weighted by molar-refractivity contribution is -0.136. The molecule has 2 aliphatic heterocycles. The molecule has 2 heterocycles. The average Bonchev–Trinajstić information content (AvgIpc) is 3.15. The molecule has 24 heavy (non-hydrogen) atoms. The topological polar surface area (TPSA) is 52.7 Å². The van der Waals surface area contributed by atoms with Gasteiger partial charge in [-0.1, -0.05) is 6.92 Å². The number of rotatable bonds is 4. The van der Waals surface area contributed by atoms with Gasteiger partial charge in [0.25, 0.3) is 0 Å². The van der Waals surface area contributed by atoms with Crippen LogP contribution in [0, 0.1) is 11.8 Å². The largest absolute Gasteiger partial charge is 0.339 e. The monoisotopic (exact) mass is 357 g/mol. The summed E-state index contributed by atoms with van der Waals surface area (Å²) in [4.78, 5) is 29.4. The van der Waals surface area contributed by atoms with Crippen molar-refractivity contribution in [2.24, 2.45) is 11.8 Å². The number of carbonyl (C=O) groups is 2. The summed E-state index contributed by atoms with van der Waals surface area (Å²) < 4.78 is 0. The minimum absolute atomic E-state index is 0. The number of nitrogens with one attached hydrogen (secondary N) is 1. The Morgan fingerprint density at radius 1 is 1.21 bits per heavy atom. The van der Waals surface area contributed by atoms with Crippen molar-refractivity contribution in [3.05, 3.63) is 0 Å². The van der Waals surface area contributed by atoms with Crippen LogP contribution in [-0.4, -0.2) is 60.4 Å². The zero-order valence-corrected chi connectivity index (χ0v) is 15.8. The van der Waals surface area contributed by atoms with Crippen LogP contribution in [0.4, 0.5) is 0 Å². The molecule has 0 aromatic rings. The number of likely N-dealkylation sites (tertiary alicyclic amines) is 2.